The standard InChI is InChI=1S/C21H19N3O4S/c1-13(20(26)24-17-9-3-2-8-16(17)19(22)25)29-15-7-4-6-14(12-15)23-21(27)18-10-5-11-28-18/h2-13H,1H3,(H2,22,25)(H,23,27)(H,24,26). The maximum Gasteiger partial charge on any atom is 0.291 e. The Morgan fingerprint density at radius 1 is 1.00 bits per heavy atom. The summed E-state index contributed by atoms with van der Waals surface area (Å²) in [5.74, 6) is -1.02. The normalized spacial score (nSPS) is 11.5. The summed E-state index contributed by atoms with van der Waals surface area (Å²) in [4.78, 5) is 36.9. The van der Waals surface area contributed by atoms with Crippen molar-refractivity contribution in [1.29, 1.82) is 0 Å². The second-order valence-electron chi connectivity index (χ2n) is 6.12. The third-order valence-corrected chi connectivity index (χ3v) is 5.06. The van der Waals surface area contributed by atoms with Gasteiger partial charge in [-0.15, -0.1) is 11.8 Å². The highest BCUT2D eigenvalue weighted by atomic mass is 32.2. The first kappa shape index (κ1) is 20.2. The van der Waals surface area contributed by atoms with Crippen LogP contribution in [0.25, 0.3) is 0 Å². The minimum absolute atomic E-state index is 0.212. The number of anilines is 2. The molecule has 1 heterocycles. The molecule has 7 nitrogen and oxygen atoms in total. The summed E-state index contributed by atoms with van der Waals surface area (Å²) in [7, 11) is 0. The molecule has 0 bridgehead atoms. The molecule has 3 aromatic rings. The van der Waals surface area contributed by atoms with Crippen molar-refractivity contribution < 1.29 is 18.8 Å². The number of amides is 3. The highest BCUT2D eigenvalue weighted by Gasteiger charge is 2.17. The van der Waals surface area contributed by atoms with Crippen LogP contribution in [0.2, 0.25) is 0 Å². The maximum atomic E-state index is 12.5. The highest BCUT2D eigenvalue weighted by molar-refractivity contribution is 8.00. The van der Waals surface area contributed by atoms with E-state index in [1.54, 1.807) is 61.5 Å². The van der Waals surface area contributed by atoms with Gasteiger partial charge in [0.05, 0.1) is 22.8 Å². The molecule has 1 atom stereocenters. The van der Waals surface area contributed by atoms with E-state index in [1.165, 1.54) is 18.0 Å². The van der Waals surface area contributed by atoms with Crippen LogP contribution in [0.15, 0.2) is 76.2 Å². The average Bonchev–Trinajstić information content (AvgIpc) is 3.23. The molecule has 0 aliphatic carbocycles. The Morgan fingerprint density at radius 3 is 2.52 bits per heavy atom. The van der Waals surface area contributed by atoms with Crippen LogP contribution in [0.4, 0.5) is 11.4 Å². The van der Waals surface area contributed by atoms with Crippen LogP contribution in [-0.2, 0) is 4.79 Å². The fourth-order valence-electron chi connectivity index (χ4n) is 2.55. The van der Waals surface area contributed by atoms with Crippen molar-refractivity contribution in [3.8, 4) is 0 Å². The van der Waals surface area contributed by atoms with Gasteiger partial charge in [-0.2, -0.15) is 0 Å². The number of carbonyl (C=O) groups is 3. The number of hydrogen-bond donors (Lipinski definition) is 3. The smallest absolute Gasteiger partial charge is 0.291 e. The highest BCUT2D eigenvalue weighted by Crippen LogP contribution is 2.27. The Bertz CT molecular complexity index is 1030. The van der Waals surface area contributed by atoms with Crippen molar-refractivity contribution >= 4 is 40.9 Å². The molecule has 148 valence electrons. The van der Waals surface area contributed by atoms with Crippen molar-refractivity contribution in [2.24, 2.45) is 5.73 Å². The third-order valence-electron chi connectivity index (χ3n) is 3.97. The summed E-state index contributed by atoms with van der Waals surface area (Å²) in [5, 5.41) is 5.03. The van der Waals surface area contributed by atoms with Gasteiger partial charge >= 0.3 is 0 Å². The van der Waals surface area contributed by atoms with Crippen LogP contribution < -0.4 is 16.4 Å². The summed E-state index contributed by atoms with van der Waals surface area (Å²) in [6, 6.07) is 16.9. The molecule has 0 fully saturated rings. The number of benzene rings is 2. The number of carbonyl (C=O) groups excluding carboxylic acids is 3. The Hall–Kier alpha value is -3.52. The molecule has 1 unspecified atom stereocenters. The molecule has 0 aliphatic rings. The number of rotatable bonds is 7. The van der Waals surface area contributed by atoms with E-state index in [9.17, 15) is 14.4 Å². The topological polar surface area (TPSA) is 114 Å². The predicted octanol–water partition coefficient (Wildman–Crippen LogP) is 3.75. The van der Waals surface area contributed by atoms with Gasteiger partial charge in [0, 0.05) is 10.6 Å². The van der Waals surface area contributed by atoms with Crippen LogP contribution >= 0.6 is 11.8 Å². The van der Waals surface area contributed by atoms with E-state index in [1.807, 2.05) is 6.07 Å². The van der Waals surface area contributed by atoms with Crippen LogP contribution in [-0.4, -0.2) is 23.0 Å². The van der Waals surface area contributed by atoms with E-state index in [-0.39, 0.29) is 23.1 Å². The molecule has 8 heteroatoms. The van der Waals surface area contributed by atoms with Gasteiger partial charge in [0.1, 0.15) is 0 Å². The zero-order valence-electron chi connectivity index (χ0n) is 15.5. The van der Waals surface area contributed by atoms with Gasteiger partial charge < -0.3 is 20.8 Å². The molecule has 3 amide bonds. The van der Waals surface area contributed by atoms with E-state index in [2.05, 4.69) is 10.6 Å². The lowest BCUT2D eigenvalue weighted by Gasteiger charge is -2.14. The Labute approximate surface area is 171 Å². The van der Waals surface area contributed by atoms with E-state index < -0.39 is 11.2 Å². The summed E-state index contributed by atoms with van der Waals surface area (Å²) in [6.07, 6.45) is 1.43. The van der Waals surface area contributed by atoms with Crippen molar-refractivity contribution in [3.63, 3.8) is 0 Å². The molecular weight excluding hydrogens is 390 g/mol. The van der Waals surface area contributed by atoms with Crippen molar-refractivity contribution in [3.05, 3.63) is 78.3 Å². The molecule has 0 saturated heterocycles. The molecule has 2 aromatic carbocycles. The van der Waals surface area contributed by atoms with E-state index in [0.717, 1.165) is 4.90 Å². The van der Waals surface area contributed by atoms with Crippen LogP contribution in [0.3, 0.4) is 0 Å². The summed E-state index contributed by atoms with van der Waals surface area (Å²) >= 11 is 1.32. The van der Waals surface area contributed by atoms with Gasteiger partial charge in [0.2, 0.25) is 5.91 Å². The second kappa shape index (κ2) is 9.11. The van der Waals surface area contributed by atoms with Gasteiger partial charge in [-0.1, -0.05) is 18.2 Å². The summed E-state index contributed by atoms with van der Waals surface area (Å²) < 4.78 is 5.07. The largest absolute Gasteiger partial charge is 0.459 e. The van der Waals surface area contributed by atoms with Gasteiger partial charge in [0.25, 0.3) is 11.8 Å². The quantitative estimate of drug-likeness (QED) is 0.514. The fourth-order valence-corrected chi connectivity index (χ4v) is 3.47. The zero-order chi connectivity index (χ0) is 20.8. The van der Waals surface area contributed by atoms with E-state index in [0.29, 0.717) is 11.4 Å². The summed E-state index contributed by atoms with van der Waals surface area (Å²) in [5.41, 5.74) is 6.55. The number of nitrogens with two attached hydrogens (primary N) is 1. The first-order valence-electron chi connectivity index (χ1n) is 8.75. The Balaban J connectivity index is 1.64. The number of thioether (sulfide) groups is 1. The lowest BCUT2D eigenvalue weighted by Crippen LogP contribution is -2.24. The molecule has 0 spiro atoms. The van der Waals surface area contributed by atoms with Crippen LogP contribution in [0.1, 0.15) is 27.8 Å². The molecule has 4 N–H and O–H groups in total. The number of furan rings is 1. The maximum absolute atomic E-state index is 12.5. The second-order valence-corrected chi connectivity index (χ2v) is 7.53. The zero-order valence-corrected chi connectivity index (χ0v) is 16.4. The number of hydrogen-bond acceptors (Lipinski definition) is 5. The van der Waals surface area contributed by atoms with Gasteiger partial charge in [-0.05, 0) is 49.4 Å². The van der Waals surface area contributed by atoms with E-state index in [4.69, 9.17) is 10.2 Å². The van der Waals surface area contributed by atoms with Crippen molar-refractivity contribution in [1.82, 2.24) is 0 Å². The van der Waals surface area contributed by atoms with Gasteiger partial charge in [-0.3, -0.25) is 14.4 Å². The molecule has 1 aromatic heterocycles. The lowest BCUT2D eigenvalue weighted by molar-refractivity contribution is -0.115. The van der Waals surface area contributed by atoms with E-state index >= 15 is 0 Å². The monoisotopic (exact) mass is 409 g/mol. The Kier molecular flexibility index (Phi) is 6.36. The van der Waals surface area contributed by atoms with Gasteiger partial charge in [0.15, 0.2) is 5.76 Å². The molecule has 0 radical (unpaired) electrons. The molecule has 29 heavy (non-hydrogen) atoms. The first-order chi connectivity index (χ1) is 13.9. The molecule has 0 saturated carbocycles. The Morgan fingerprint density at radius 2 is 1.79 bits per heavy atom. The van der Waals surface area contributed by atoms with Crippen LogP contribution in [0.5, 0.6) is 0 Å². The lowest BCUT2D eigenvalue weighted by atomic mass is 10.1. The molecule has 3 rings (SSSR count). The molecule has 0 aliphatic heterocycles. The van der Waals surface area contributed by atoms with Gasteiger partial charge in [-0.25, -0.2) is 0 Å². The minimum Gasteiger partial charge on any atom is -0.459 e. The third kappa shape index (κ3) is 5.26. The number of primary amides is 1. The first-order valence-corrected chi connectivity index (χ1v) is 9.63. The number of nitrogens with one attached hydrogen (secondary N) is 2. The van der Waals surface area contributed by atoms with Crippen LogP contribution in [0, 0.1) is 0 Å². The number of para-hydroxylation sites is 1. The van der Waals surface area contributed by atoms with Crippen molar-refractivity contribution in [2.75, 3.05) is 10.6 Å². The fraction of sp³-hybridized carbons (Fsp3) is 0.0952. The minimum atomic E-state index is -0.610. The SMILES string of the molecule is CC(Sc1cccc(NC(=O)c2ccco2)c1)C(=O)Nc1ccccc1C(N)=O. The molecular formula is C21H19N3O4S. The average molecular weight is 409 g/mol. The summed E-state index contributed by atoms with van der Waals surface area (Å²) in [6.45, 7) is 1.75. The van der Waals surface area contributed by atoms with Crippen molar-refractivity contribution in [2.45, 2.75) is 17.1 Å². The predicted molar refractivity (Wildman–Crippen MR) is 112 cm³/mol.